The molecule has 0 spiro atoms. The van der Waals surface area contributed by atoms with Crippen LogP contribution < -0.4 is 4.90 Å². The molecular formula is C19H28N4O2. The molecule has 0 N–H and O–H groups in total. The average Bonchev–Trinajstić information content (AvgIpc) is 2.67. The maximum atomic E-state index is 13.2. The van der Waals surface area contributed by atoms with Gasteiger partial charge in [-0.15, -0.1) is 0 Å². The van der Waals surface area contributed by atoms with Crippen molar-refractivity contribution in [2.75, 3.05) is 57.9 Å². The number of nitrogens with zero attached hydrogens (tertiary/aromatic N) is 4. The predicted octanol–water partition coefficient (Wildman–Crippen LogP) is 1.47. The van der Waals surface area contributed by atoms with Crippen LogP contribution in [0.25, 0.3) is 0 Å². The number of pyridine rings is 1. The Morgan fingerprint density at radius 2 is 2.04 bits per heavy atom. The van der Waals surface area contributed by atoms with E-state index in [0.717, 1.165) is 64.5 Å². The smallest absolute Gasteiger partial charge is 0.272 e. The zero-order chi connectivity index (χ0) is 17.2. The molecule has 2 unspecified atom stereocenters. The summed E-state index contributed by atoms with van der Waals surface area (Å²) in [5.41, 5.74) is 1.67. The number of carbonyl (C=O) groups is 1. The van der Waals surface area contributed by atoms with Crippen LogP contribution in [0.4, 0.5) is 5.69 Å². The van der Waals surface area contributed by atoms with Gasteiger partial charge < -0.3 is 19.4 Å². The number of anilines is 1. The average molecular weight is 344 g/mol. The summed E-state index contributed by atoms with van der Waals surface area (Å²) in [6, 6.07) is 4.34. The Morgan fingerprint density at radius 1 is 1.20 bits per heavy atom. The number of hydrogen-bond acceptors (Lipinski definition) is 5. The van der Waals surface area contributed by atoms with Crippen molar-refractivity contribution in [3.8, 4) is 0 Å². The van der Waals surface area contributed by atoms with Crippen molar-refractivity contribution in [2.24, 2.45) is 5.92 Å². The highest BCUT2D eigenvalue weighted by molar-refractivity contribution is 5.93. The molecule has 1 amide bonds. The molecule has 3 saturated heterocycles. The molecule has 4 heterocycles. The maximum absolute atomic E-state index is 13.2. The van der Waals surface area contributed by atoms with Crippen molar-refractivity contribution in [1.29, 1.82) is 0 Å². The first-order chi connectivity index (χ1) is 12.2. The Labute approximate surface area is 149 Å². The molecule has 0 radical (unpaired) electrons. The Hall–Kier alpha value is -1.66. The maximum Gasteiger partial charge on any atom is 0.272 e. The SMILES string of the molecule is CN1CCC2C(CCCN2C(=O)c2cc(N3CCOCC3)ccn2)C1. The normalized spacial score (nSPS) is 27.9. The van der Waals surface area contributed by atoms with E-state index >= 15 is 0 Å². The zero-order valence-corrected chi connectivity index (χ0v) is 15.1. The standard InChI is InChI=1S/C19H28N4O2/c1-21-8-5-18-15(14-21)3-2-7-23(18)19(24)17-13-16(4-6-20-17)22-9-11-25-12-10-22/h4,6,13,15,18H,2-3,5,7-12,14H2,1H3. The van der Waals surface area contributed by atoms with Gasteiger partial charge in [-0.25, -0.2) is 0 Å². The van der Waals surface area contributed by atoms with Crippen molar-refractivity contribution in [2.45, 2.75) is 25.3 Å². The number of piperidine rings is 2. The summed E-state index contributed by atoms with van der Waals surface area (Å²) in [6.07, 6.45) is 5.19. The van der Waals surface area contributed by atoms with Crippen molar-refractivity contribution in [3.05, 3.63) is 24.0 Å². The van der Waals surface area contributed by atoms with Gasteiger partial charge in [0.05, 0.1) is 13.2 Å². The molecule has 0 aromatic carbocycles. The molecule has 3 aliphatic heterocycles. The highest BCUT2D eigenvalue weighted by Crippen LogP contribution is 2.31. The lowest BCUT2D eigenvalue weighted by Gasteiger charge is -2.46. The highest BCUT2D eigenvalue weighted by Gasteiger charge is 2.37. The Morgan fingerprint density at radius 3 is 2.88 bits per heavy atom. The zero-order valence-electron chi connectivity index (χ0n) is 15.1. The number of hydrogen-bond donors (Lipinski definition) is 0. The monoisotopic (exact) mass is 344 g/mol. The summed E-state index contributed by atoms with van der Waals surface area (Å²) >= 11 is 0. The molecule has 2 atom stereocenters. The molecule has 25 heavy (non-hydrogen) atoms. The van der Waals surface area contributed by atoms with Gasteiger partial charge in [-0.2, -0.15) is 0 Å². The lowest BCUT2D eigenvalue weighted by molar-refractivity contribution is 0.0249. The minimum absolute atomic E-state index is 0.106. The number of carbonyl (C=O) groups excluding carboxylic acids is 1. The summed E-state index contributed by atoms with van der Waals surface area (Å²) in [5, 5.41) is 0. The van der Waals surface area contributed by atoms with Gasteiger partial charge in [0, 0.05) is 44.1 Å². The molecule has 6 nitrogen and oxygen atoms in total. The summed E-state index contributed by atoms with van der Waals surface area (Å²) in [6.45, 7) is 6.29. The first-order valence-electron chi connectivity index (χ1n) is 9.50. The predicted molar refractivity (Wildman–Crippen MR) is 96.9 cm³/mol. The number of ether oxygens (including phenoxy) is 1. The quantitative estimate of drug-likeness (QED) is 0.813. The second-order valence-electron chi connectivity index (χ2n) is 7.52. The third-order valence-corrected chi connectivity index (χ3v) is 5.87. The van der Waals surface area contributed by atoms with Gasteiger partial charge in [0.2, 0.25) is 0 Å². The van der Waals surface area contributed by atoms with Crippen LogP contribution >= 0.6 is 0 Å². The van der Waals surface area contributed by atoms with Crippen LogP contribution in [0.5, 0.6) is 0 Å². The summed E-state index contributed by atoms with van der Waals surface area (Å²) in [7, 11) is 2.18. The Balaban J connectivity index is 1.52. The number of likely N-dealkylation sites (tertiary alicyclic amines) is 2. The number of amides is 1. The van der Waals surface area contributed by atoms with Crippen molar-refractivity contribution < 1.29 is 9.53 Å². The van der Waals surface area contributed by atoms with E-state index in [2.05, 4.69) is 26.7 Å². The molecular weight excluding hydrogens is 316 g/mol. The van der Waals surface area contributed by atoms with Gasteiger partial charge in [-0.05, 0) is 50.9 Å². The minimum atomic E-state index is 0.106. The second-order valence-corrected chi connectivity index (χ2v) is 7.52. The van der Waals surface area contributed by atoms with E-state index in [9.17, 15) is 4.79 Å². The van der Waals surface area contributed by atoms with E-state index in [1.54, 1.807) is 6.20 Å². The van der Waals surface area contributed by atoms with E-state index in [-0.39, 0.29) is 5.91 Å². The second kappa shape index (κ2) is 7.30. The number of morpholine rings is 1. The molecule has 1 aromatic rings. The van der Waals surface area contributed by atoms with Crippen LogP contribution in [-0.4, -0.2) is 79.7 Å². The fraction of sp³-hybridized carbons (Fsp3) is 0.684. The molecule has 4 rings (SSSR count). The van der Waals surface area contributed by atoms with Gasteiger partial charge in [-0.3, -0.25) is 9.78 Å². The summed E-state index contributed by atoms with van der Waals surface area (Å²) in [5.74, 6) is 0.716. The van der Waals surface area contributed by atoms with Crippen LogP contribution in [0.2, 0.25) is 0 Å². The molecule has 6 heteroatoms. The fourth-order valence-electron chi connectivity index (χ4n) is 4.54. The van der Waals surface area contributed by atoms with Crippen molar-refractivity contribution in [3.63, 3.8) is 0 Å². The Bertz CT molecular complexity index is 617. The highest BCUT2D eigenvalue weighted by atomic mass is 16.5. The van der Waals surface area contributed by atoms with Crippen LogP contribution in [0, 0.1) is 5.92 Å². The number of aromatic nitrogens is 1. The first kappa shape index (κ1) is 16.8. The van der Waals surface area contributed by atoms with Gasteiger partial charge in [0.1, 0.15) is 5.69 Å². The van der Waals surface area contributed by atoms with Crippen molar-refractivity contribution >= 4 is 11.6 Å². The van der Waals surface area contributed by atoms with Gasteiger partial charge in [-0.1, -0.05) is 0 Å². The first-order valence-corrected chi connectivity index (χ1v) is 9.50. The molecule has 0 saturated carbocycles. The molecule has 0 aliphatic carbocycles. The van der Waals surface area contributed by atoms with Crippen LogP contribution in [0.1, 0.15) is 29.8 Å². The molecule has 0 bridgehead atoms. The topological polar surface area (TPSA) is 48.9 Å². The molecule has 136 valence electrons. The summed E-state index contributed by atoms with van der Waals surface area (Å²) < 4.78 is 5.43. The molecule has 3 aliphatic rings. The molecule has 1 aromatic heterocycles. The van der Waals surface area contributed by atoms with Gasteiger partial charge in [0.25, 0.3) is 5.91 Å². The number of fused-ring (bicyclic) bond motifs is 1. The van der Waals surface area contributed by atoms with Crippen LogP contribution in [0.3, 0.4) is 0 Å². The van der Waals surface area contributed by atoms with Crippen LogP contribution in [-0.2, 0) is 4.74 Å². The van der Waals surface area contributed by atoms with Gasteiger partial charge >= 0.3 is 0 Å². The van der Waals surface area contributed by atoms with E-state index in [1.807, 2.05) is 12.1 Å². The van der Waals surface area contributed by atoms with Crippen molar-refractivity contribution in [1.82, 2.24) is 14.8 Å². The summed E-state index contributed by atoms with van der Waals surface area (Å²) in [4.78, 5) is 24.4. The third-order valence-electron chi connectivity index (χ3n) is 5.87. The molecule has 3 fully saturated rings. The van der Waals surface area contributed by atoms with E-state index in [1.165, 1.54) is 6.42 Å². The number of rotatable bonds is 2. The third kappa shape index (κ3) is 3.51. The van der Waals surface area contributed by atoms with E-state index < -0.39 is 0 Å². The van der Waals surface area contributed by atoms with Crippen LogP contribution in [0.15, 0.2) is 18.3 Å². The van der Waals surface area contributed by atoms with E-state index in [4.69, 9.17) is 4.74 Å². The Kier molecular flexibility index (Phi) is 4.90. The minimum Gasteiger partial charge on any atom is -0.378 e. The fourth-order valence-corrected chi connectivity index (χ4v) is 4.54. The van der Waals surface area contributed by atoms with E-state index in [0.29, 0.717) is 17.7 Å². The lowest BCUT2D eigenvalue weighted by atomic mass is 9.84. The largest absolute Gasteiger partial charge is 0.378 e. The van der Waals surface area contributed by atoms with Gasteiger partial charge in [0.15, 0.2) is 0 Å². The lowest BCUT2D eigenvalue weighted by Crippen LogP contribution is -2.55.